The van der Waals surface area contributed by atoms with Crippen LogP contribution in [0.15, 0.2) is 77.6 Å². The second kappa shape index (κ2) is 8.97. The third-order valence-electron chi connectivity index (χ3n) is 5.80. The maximum absolute atomic E-state index is 4.41. The third kappa shape index (κ3) is 4.71. The van der Waals surface area contributed by atoms with E-state index in [1.54, 1.807) is 11.3 Å². The molecule has 0 saturated carbocycles. The Balaban J connectivity index is 1.53. The van der Waals surface area contributed by atoms with Gasteiger partial charge in [0, 0.05) is 10.9 Å². The molecule has 1 nitrogen and oxygen atoms in total. The van der Waals surface area contributed by atoms with Crippen LogP contribution in [0.3, 0.4) is 0 Å². The van der Waals surface area contributed by atoms with Crippen molar-refractivity contribution in [3.05, 3.63) is 99.9 Å². The van der Waals surface area contributed by atoms with Crippen molar-refractivity contribution in [1.82, 2.24) is 4.98 Å². The second-order valence-electron chi connectivity index (χ2n) is 8.58. The molecule has 2 heteroatoms. The number of rotatable bonds is 6. The van der Waals surface area contributed by atoms with E-state index in [-0.39, 0.29) is 0 Å². The molecule has 0 fully saturated rings. The normalized spacial score (nSPS) is 12.3. The van der Waals surface area contributed by atoms with E-state index in [1.165, 1.54) is 38.9 Å². The molecule has 0 saturated heterocycles. The van der Waals surface area contributed by atoms with E-state index in [4.69, 9.17) is 0 Å². The minimum absolute atomic E-state index is 0.465. The van der Waals surface area contributed by atoms with Crippen molar-refractivity contribution < 1.29 is 0 Å². The number of aromatic nitrogens is 1. The average Bonchev–Trinajstić information content (AvgIpc) is 3.28. The zero-order valence-corrected chi connectivity index (χ0v) is 19.0. The van der Waals surface area contributed by atoms with Crippen LogP contribution >= 0.6 is 11.3 Å². The molecule has 0 amide bonds. The Morgan fingerprint density at radius 3 is 2.07 bits per heavy atom. The molecule has 1 atom stereocenters. The zero-order valence-electron chi connectivity index (χ0n) is 18.2. The van der Waals surface area contributed by atoms with Crippen molar-refractivity contribution in [2.45, 2.75) is 46.0 Å². The Morgan fingerprint density at radius 1 is 0.767 bits per heavy atom. The van der Waals surface area contributed by atoms with Gasteiger partial charge in [-0.1, -0.05) is 93.1 Å². The molecule has 0 spiro atoms. The summed E-state index contributed by atoms with van der Waals surface area (Å²) in [6.07, 6.45) is 1.04. The Morgan fingerprint density at radius 2 is 1.43 bits per heavy atom. The number of hydrogen-bond donors (Lipinski definition) is 0. The van der Waals surface area contributed by atoms with Crippen LogP contribution in [0.5, 0.6) is 0 Å². The molecule has 0 aliphatic rings. The van der Waals surface area contributed by atoms with E-state index < -0.39 is 0 Å². The van der Waals surface area contributed by atoms with Gasteiger partial charge in [0.2, 0.25) is 0 Å². The van der Waals surface area contributed by atoms with E-state index in [0.29, 0.717) is 11.8 Å². The minimum Gasteiger partial charge on any atom is -0.245 e. The highest BCUT2D eigenvalue weighted by atomic mass is 32.1. The Bertz CT molecular complexity index is 1090. The van der Waals surface area contributed by atoms with Crippen LogP contribution in [0.4, 0.5) is 0 Å². The van der Waals surface area contributed by atoms with Crippen LogP contribution < -0.4 is 0 Å². The lowest BCUT2D eigenvalue weighted by atomic mass is 9.90. The van der Waals surface area contributed by atoms with Crippen molar-refractivity contribution in [2.75, 3.05) is 0 Å². The summed E-state index contributed by atoms with van der Waals surface area (Å²) in [4.78, 5) is 4.41. The molecule has 0 aliphatic heterocycles. The maximum atomic E-state index is 4.41. The van der Waals surface area contributed by atoms with Crippen LogP contribution in [0.1, 0.15) is 54.9 Å². The smallest absolute Gasteiger partial charge is 0.0811 e. The van der Waals surface area contributed by atoms with Crippen molar-refractivity contribution in [3.63, 3.8) is 0 Å². The third-order valence-corrected chi connectivity index (χ3v) is 6.38. The summed E-state index contributed by atoms with van der Waals surface area (Å²) in [5, 5.41) is 2.10. The van der Waals surface area contributed by atoms with Crippen molar-refractivity contribution in [2.24, 2.45) is 0 Å². The standard InChI is InChI=1S/C28H29NS/c1-19(2)23-5-9-25(10-6-23)27-14-20(3)13-22(16-27)15-21(4)24-7-11-26(12-8-24)28-17-30-18-29-28/h5-14,16-19,21H,15H2,1-4H3. The molecule has 4 rings (SSSR count). The molecular formula is C28H29NS. The summed E-state index contributed by atoms with van der Waals surface area (Å²) in [6, 6.07) is 24.9. The van der Waals surface area contributed by atoms with Crippen molar-refractivity contribution >= 4 is 11.3 Å². The largest absolute Gasteiger partial charge is 0.245 e. The van der Waals surface area contributed by atoms with Gasteiger partial charge in [-0.3, -0.25) is 0 Å². The van der Waals surface area contributed by atoms with E-state index in [0.717, 1.165) is 12.1 Å². The second-order valence-corrected chi connectivity index (χ2v) is 9.30. The number of benzene rings is 3. The molecular weight excluding hydrogens is 382 g/mol. The van der Waals surface area contributed by atoms with E-state index in [2.05, 4.69) is 105 Å². The predicted molar refractivity (Wildman–Crippen MR) is 130 cm³/mol. The molecule has 1 unspecified atom stereocenters. The van der Waals surface area contributed by atoms with Gasteiger partial charge in [-0.25, -0.2) is 4.98 Å². The maximum Gasteiger partial charge on any atom is 0.0811 e. The van der Waals surface area contributed by atoms with Crippen molar-refractivity contribution in [1.29, 1.82) is 0 Å². The van der Waals surface area contributed by atoms with Gasteiger partial charge in [-0.2, -0.15) is 0 Å². The van der Waals surface area contributed by atoms with Gasteiger partial charge >= 0.3 is 0 Å². The molecule has 3 aromatic carbocycles. The van der Waals surface area contributed by atoms with Crippen LogP contribution in [0.2, 0.25) is 0 Å². The van der Waals surface area contributed by atoms with Gasteiger partial charge in [0.25, 0.3) is 0 Å². The highest BCUT2D eigenvalue weighted by Gasteiger charge is 2.10. The minimum atomic E-state index is 0.465. The molecule has 1 aromatic heterocycles. The predicted octanol–water partition coefficient (Wildman–Crippen LogP) is 8.26. The van der Waals surface area contributed by atoms with Crippen LogP contribution in [0, 0.1) is 6.92 Å². The topological polar surface area (TPSA) is 12.9 Å². The summed E-state index contributed by atoms with van der Waals surface area (Å²) in [5.41, 5.74) is 12.2. The first kappa shape index (κ1) is 20.6. The summed E-state index contributed by atoms with van der Waals surface area (Å²) in [6.45, 7) is 9.00. The average molecular weight is 412 g/mol. The molecule has 30 heavy (non-hydrogen) atoms. The first-order valence-electron chi connectivity index (χ1n) is 10.7. The molecule has 0 bridgehead atoms. The fraction of sp³-hybridized carbons (Fsp3) is 0.250. The van der Waals surface area contributed by atoms with Crippen LogP contribution in [-0.2, 0) is 6.42 Å². The molecule has 0 N–H and O–H groups in total. The van der Waals surface area contributed by atoms with E-state index in [1.807, 2.05) is 5.51 Å². The van der Waals surface area contributed by atoms with Crippen LogP contribution in [0.25, 0.3) is 22.4 Å². The van der Waals surface area contributed by atoms with Gasteiger partial charge in [0.05, 0.1) is 11.2 Å². The first-order chi connectivity index (χ1) is 14.5. The lowest BCUT2D eigenvalue weighted by molar-refractivity contribution is 0.759. The lowest BCUT2D eigenvalue weighted by Crippen LogP contribution is -1.99. The Labute approximate surface area is 184 Å². The summed E-state index contributed by atoms with van der Waals surface area (Å²) in [7, 11) is 0. The summed E-state index contributed by atoms with van der Waals surface area (Å²) in [5.74, 6) is 1.03. The van der Waals surface area contributed by atoms with Crippen molar-refractivity contribution in [3.8, 4) is 22.4 Å². The van der Waals surface area contributed by atoms with E-state index >= 15 is 0 Å². The Hall–Kier alpha value is -2.71. The van der Waals surface area contributed by atoms with Gasteiger partial charge in [-0.15, -0.1) is 11.3 Å². The highest BCUT2D eigenvalue weighted by Crippen LogP contribution is 2.29. The molecule has 0 aliphatic carbocycles. The summed E-state index contributed by atoms with van der Waals surface area (Å²) >= 11 is 1.64. The highest BCUT2D eigenvalue weighted by molar-refractivity contribution is 7.07. The number of hydrogen-bond acceptors (Lipinski definition) is 2. The fourth-order valence-electron chi connectivity index (χ4n) is 4.02. The molecule has 0 radical (unpaired) electrons. The van der Waals surface area contributed by atoms with Gasteiger partial charge in [0.1, 0.15) is 0 Å². The molecule has 4 aromatic rings. The zero-order chi connectivity index (χ0) is 21.1. The van der Waals surface area contributed by atoms with Gasteiger partial charge < -0.3 is 0 Å². The SMILES string of the molecule is Cc1cc(CC(C)c2ccc(-c3cscn3)cc2)cc(-c2ccc(C(C)C)cc2)c1. The lowest BCUT2D eigenvalue weighted by Gasteiger charge is -2.15. The molecule has 152 valence electrons. The Kier molecular flexibility index (Phi) is 6.15. The number of nitrogens with zero attached hydrogens (tertiary/aromatic N) is 1. The fourth-order valence-corrected chi connectivity index (χ4v) is 4.58. The van der Waals surface area contributed by atoms with Crippen LogP contribution in [-0.4, -0.2) is 4.98 Å². The summed E-state index contributed by atoms with van der Waals surface area (Å²) < 4.78 is 0. The quantitative estimate of drug-likeness (QED) is 0.311. The van der Waals surface area contributed by atoms with Gasteiger partial charge in [0.15, 0.2) is 0 Å². The molecule has 1 heterocycles. The monoisotopic (exact) mass is 411 g/mol. The number of thiazole rings is 1. The van der Waals surface area contributed by atoms with Gasteiger partial charge in [-0.05, 0) is 53.0 Å². The first-order valence-corrected chi connectivity index (χ1v) is 11.6. The number of aryl methyl sites for hydroxylation is 1. The van der Waals surface area contributed by atoms with E-state index in [9.17, 15) is 0 Å².